The number of amides is 1. The molecule has 0 spiro atoms. The fourth-order valence-corrected chi connectivity index (χ4v) is 3.94. The van der Waals surface area contributed by atoms with Gasteiger partial charge in [-0.2, -0.15) is 0 Å². The van der Waals surface area contributed by atoms with Gasteiger partial charge in [0.25, 0.3) is 0 Å². The quantitative estimate of drug-likeness (QED) is 0.730. The predicted molar refractivity (Wildman–Crippen MR) is 111 cm³/mol. The summed E-state index contributed by atoms with van der Waals surface area (Å²) in [6.07, 6.45) is 0. The molecule has 0 unspecified atom stereocenters. The summed E-state index contributed by atoms with van der Waals surface area (Å²) in [5, 5.41) is 3.11. The van der Waals surface area contributed by atoms with E-state index in [9.17, 15) is 4.79 Å². The summed E-state index contributed by atoms with van der Waals surface area (Å²) >= 11 is 7.00. The molecule has 0 aliphatic rings. The zero-order valence-electron chi connectivity index (χ0n) is 14.6. The molecule has 0 fully saturated rings. The Morgan fingerprint density at radius 1 is 1.04 bits per heavy atom. The lowest BCUT2D eigenvalue weighted by molar-refractivity contribution is -0.119. The van der Waals surface area contributed by atoms with Gasteiger partial charge in [-0.15, -0.1) is 11.8 Å². The standard InChI is InChI=1S/C20H24N2OS2/c1-3-22(4-2)20(24)21-19(23)18(17-13-9-6-10-14-17)25-15-16-11-7-5-8-12-16/h5-14,18H,3-4,15H2,1-2H3,(H,21,23,24)/t18-/m1/s1. The van der Waals surface area contributed by atoms with Crippen molar-refractivity contribution in [1.29, 1.82) is 0 Å². The van der Waals surface area contributed by atoms with Crippen LogP contribution >= 0.6 is 24.0 Å². The van der Waals surface area contributed by atoms with E-state index in [0.717, 1.165) is 24.4 Å². The van der Waals surface area contributed by atoms with E-state index in [0.29, 0.717) is 5.11 Å². The fraction of sp³-hybridized carbons (Fsp3) is 0.300. The van der Waals surface area contributed by atoms with E-state index in [1.165, 1.54) is 5.56 Å². The highest BCUT2D eigenvalue weighted by Gasteiger charge is 2.23. The number of thioether (sulfide) groups is 1. The van der Waals surface area contributed by atoms with Gasteiger partial charge in [-0.05, 0) is 37.2 Å². The molecule has 2 aromatic carbocycles. The van der Waals surface area contributed by atoms with Crippen molar-refractivity contribution < 1.29 is 4.79 Å². The van der Waals surface area contributed by atoms with Crippen molar-refractivity contribution in [2.75, 3.05) is 13.1 Å². The molecule has 0 saturated carbocycles. The summed E-state index contributed by atoms with van der Waals surface area (Å²) in [5.74, 6) is 0.704. The number of nitrogens with one attached hydrogen (secondary N) is 1. The van der Waals surface area contributed by atoms with E-state index in [-0.39, 0.29) is 11.2 Å². The third kappa shape index (κ3) is 5.87. The third-order valence-electron chi connectivity index (χ3n) is 3.88. The Morgan fingerprint density at radius 2 is 1.60 bits per heavy atom. The first-order chi connectivity index (χ1) is 12.2. The normalized spacial score (nSPS) is 11.6. The van der Waals surface area contributed by atoms with E-state index in [1.807, 2.05) is 67.3 Å². The summed E-state index contributed by atoms with van der Waals surface area (Å²) in [6.45, 7) is 5.62. The first-order valence-corrected chi connectivity index (χ1v) is 9.91. The van der Waals surface area contributed by atoms with Crippen LogP contribution in [0.4, 0.5) is 0 Å². The lowest BCUT2D eigenvalue weighted by Gasteiger charge is -2.24. The minimum atomic E-state index is -0.296. The highest BCUT2D eigenvalue weighted by Crippen LogP contribution is 2.31. The lowest BCUT2D eigenvalue weighted by atomic mass is 10.1. The SMILES string of the molecule is CCN(CC)C(=S)NC(=O)[C@H](SCc1ccccc1)c1ccccc1. The van der Waals surface area contributed by atoms with E-state index in [4.69, 9.17) is 12.2 Å². The van der Waals surface area contributed by atoms with Gasteiger partial charge in [-0.25, -0.2) is 0 Å². The van der Waals surface area contributed by atoms with Crippen LogP contribution in [0.3, 0.4) is 0 Å². The molecule has 0 bridgehead atoms. The van der Waals surface area contributed by atoms with E-state index >= 15 is 0 Å². The average molecular weight is 373 g/mol. The smallest absolute Gasteiger partial charge is 0.243 e. The molecule has 1 N–H and O–H groups in total. The van der Waals surface area contributed by atoms with Gasteiger partial charge < -0.3 is 10.2 Å². The number of rotatable bonds is 7. The second-order valence-corrected chi connectivity index (χ2v) is 7.03. The maximum Gasteiger partial charge on any atom is 0.243 e. The molecule has 3 nitrogen and oxygen atoms in total. The Balaban J connectivity index is 2.11. The van der Waals surface area contributed by atoms with E-state index in [1.54, 1.807) is 11.8 Å². The van der Waals surface area contributed by atoms with Crippen LogP contribution in [0.15, 0.2) is 60.7 Å². The van der Waals surface area contributed by atoms with Gasteiger partial charge in [-0.3, -0.25) is 4.79 Å². The van der Waals surface area contributed by atoms with Gasteiger partial charge in [0.05, 0.1) is 0 Å². The van der Waals surface area contributed by atoms with Crippen LogP contribution in [-0.2, 0) is 10.5 Å². The Hall–Kier alpha value is -1.85. The van der Waals surface area contributed by atoms with Gasteiger partial charge in [-0.1, -0.05) is 60.7 Å². The number of hydrogen-bond acceptors (Lipinski definition) is 3. The summed E-state index contributed by atoms with van der Waals surface area (Å²) in [6, 6.07) is 20.0. The van der Waals surface area contributed by atoms with Crippen LogP contribution in [0.25, 0.3) is 0 Å². The monoisotopic (exact) mass is 372 g/mol. The molecule has 1 atom stereocenters. The molecule has 0 radical (unpaired) electrons. The maximum absolute atomic E-state index is 12.9. The highest BCUT2D eigenvalue weighted by molar-refractivity contribution is 7.99. The van der Waals surface area contributed by atoms with Crippen LogP contribution in [0.5, 0.6) is 0 Å². The molecule has 0 aromatic heterocycles. The first-order valence-electron chi connectivity index (χ1n) is 8.46. The minimum Gasteiger partial charge on any atom is -0.350 e. The van der Waals surface area contributed by atoms with Gasteiger partial charge >= 0.3 is 0 Å². The highest BCUT2D eigenvalue weighted by atomic mass is 32.2. The second-order valence-electron chi connectivity index (χ2n) is 5.55. The molecule has 5 heteroatoms. The maximum atomic E-state index is 12.9. The van der Waals surface area contributed by atoms with Gasteiger partial charge in [0.15, 0.2) is 5.11 Å². The molecular formula is C20H24N2OS2. The van der Waals surface area contributed by atoms with Crippen molar-refractivity contribution in [2.45, 2.75) is 24.9 Å². The lowest BCUT2D eigenvalue weighted by Crippen LogP contribution is -2.43. The van der Waals surface area contributed by atoms with Crippen molar-refractivity contribution in [3.8, 4) is 0 Å². The van der Waals surface area contributed by atoms with Crippen molar-refractivity contribution in [2.24, 2.45) is 0 Å². The van der Waals surface area contributed by atoms with Crippen molar-refractivity contribution in [3.63, 3.8) is 0 Å². The van der Waals surface area contributed by atoms with Gasteiger partial charge in [0.1, 0.15) is 5.25 Å². The van der Waals surface area contributed by atoms with Crippen LogP contribution in [-0.4, -0.2) is 29.0 Å². The largest absolute Gasteiger partial charge is 0.350 e. The van der Waals surface area contributed by atoms with Crippen molar-refractivity contribution in [1.82, 2.24) is 10.2 Å². The van der Waals surface area contributed by atoms with Crippen LogP contribution < -0.4 is 5.32 Å². The number of nitrogens with zero attached hydrogens (tertiary/aromatic N) is 1. The predicted octanol–water partition coefficient (Wildman–Crippen LogP) is 4.40. The molecule has 0 aliphatic carbocycles. The molecule has 1 amide bonds. The van der Waals surface area contributed by atoms with Crippen LogP contribution in [0.2, 0.25) is 0 Å². The molecule has 0 heterocycles. The summed E-state index contributed by atoms with van der Waals surface area (Å²) in [5.41, 5.74) is 2.19. The number of carbonyl (C=O) groups is 1. The van der Waals surface area contributed by atoms with E-state index in [2.05, 4.69) is 17.4 Å². The Kier molecular flexibility index (Phi) is 7.95. The molecule has 0 saturated heterocycles. The summed E-state index contributed by atoms with van der Waals surface area (Å²) < 4.78 is 0. The van der Waals surface area contributed by atoms with E-state index < -0.39 is 0 Å². The van der Waals surface area contributed by atoms with Crippen LogP contribution in [0, 0.1) is 0 Å². The Labute approximate surface area is 159 Å². The number of thiocarbonyl (C=S) groups is 1. The first kappa shape index (κ1) is 19.5. The molecule has 2 aromatic rings. The Bertz CT molecular complexity index is 673. The zero-order valence-corrected chi connectivity index (χ0v) is 16.3. The summed E-state index contributed by atoms with van der Waals surface area (Å²) in [4.78, 5) is 14.8. The van der Waals surface area contributed by atoms with Crippen molar-refractivity contribution >= 4 is 35.0 Å². The van der Waals surface area contributed by atoms with Gasteiger partial charge in [0, 0.05) is 18.8 Å². The topological polar surface area (TPSA) is 32.3 Å². The third-order valence-corrected chi connectivity index (χ3v) is 5.56. The Morgan fingerprint density at radius 3 is 2.16 bits per heavy atom. The number of carbonyl (C=O) groups excluding carboxylic acids is 1. The van der Waals surface area contributed by atoms with Crippen LogP contribution in [0.1, 0.15) is 30.2 Å². The zero-order chi connectivity index (χ0) is 18.1. The molecule has 0 aliphatic heterocycles. The average Bonchev–Trinajstić information content (AvgIpc) is 2.64. The number of hydrogen-bond donors (Lipinski definition) is 1. The second kappa shape index (κ2) is 10.2. The molecule has 132 valence electrons. The molecule has 25 heavy (non-hydrogen) atoms. The fourth-order valence-electron chi connectivity index (χ4n) is 2.47. The van der Waals surface area contributed by atoms with Gasteiger partial charge in [0.2, 0.25) is 5.91 Å². The number of benzene rings is 2. The minimum absolute atomic E-state index is 0.0657. The molecule has 2 rings (SSSR count). The molecular weight excluding hydrogens is 348 g/mol. The van der Waals surface area contributed by atoms with Crippen molar-refractivity contribution in [3.05, 3.63) is 71.8 Å². The summed E-state index contributed by atoms with van der Waals surface area (Å²) in [7, 11) is 0.